The van der Waals surface area contributed by atoms with Crippen molar-refractivity contribution in [3.05, 3.63) is 52.5 Å². The summed E-state index contributed by atoms with van der Waals surface area (Å²) in [5.41, 5.74) is 1.53. The highest BCUT2D eigenvalue weighted by Crippen LogP contribution is 2.24. The molecule has 0 heterocycles. The third-order valence-corrected chi connectivity index (χ3v) is 4.86. The van der Waals surface area contributed by atoms with E-state index in [-0.39, 0.29) is 10.6 Å². The average molecular weight is 339 g/mol. The number of nitrogens with one attached hydrogen (secondary N) is 1. The summed E-state index contributed by atoms with van der Waals surface area (Å²) in [6, 6.07) is 9.45. The number of rotatable bonds is 4. The lowest BCUT2D eigenvalue weighted by Gasteiger charge is -2.07. The molecule has 0 aliphatic heterocycles. The molecule has 0 atom stereocenters. The van der Waals surface area contributed by atoms with Crippen LogP contribution < -0.4 is 4.72 Å². The number of halogens is 1. The van der Waals surface area contributed by atoms with E-state index in [1.807, 2.05) is 0 Å². The predicted molar refractivity (Wildman–Crippen MR) is 87.8 cm³/mol. The summed E-state index contributed by atoms with van der Waals surface area (Å²) in [7, 11) is -2.19. The molecular weight excluding hydrogens is 324 g/mol. The number of aryl methyl sites for hydroxylation is 1. The molecule has 2 aromatic carbocycles. The molecule has 2 rings (SSSR count). The van der Waals surface area contributed by atoms with Gasteiger partial charge in [0.05, 0.1) is 10.6 Å². The molecule has 0 amide bonds. The van der Waals surface area contributed by atoms with Gasteiger partial charge < -0.3 is 5.11 Å². The van der Waals surface area contributed by atoms with Gasteiger partial charge in [-0.1, -0.05) is 17.7 Å². The van der Waals surface area contributed by atoms with Crippen molar-refractivity contribution in [1.29, 1.82) is 0 Å². The first-order valence-corrected chi connectivity index (χ1v) is 8.26. The molecule has 7 heteroatoms. The van der Waals surface area contributed by atoms with Crippen LogP contribution in [0.2, 0.25) is 5.02 Å². The summed E-state index contributed by atoms with van der Waals surface area (Å²) >= 11 is 5.86. The van der Waals surface area contributed by atoms with E-state index in [1.165, 1.54) is 25.4 Å². The topological polar surface area (TPSA) is 78.8 Å². The van der Waals surface area contributed by atoms with Crippen LogP contribution in [0.25, 0.3) is 0 Å². The van der Waals surface area contributed by atoms with E-state index < -0.39 is 10.0 Å². The molecule has 22 heavy (non-hydrogen) atoms. The minimum atomic E-state index is -3.54. The van der Waals surface area contributed by atoms with E-state index in [1.54, 1.807) is 31.2 Å². The number of aliphatic imine (C=N–C) groups is 1. The Labute approximate surface area is 134 Å². The van der Waals surface area contributed by atoms with Crippen molar-refractivity contribution < 1.29 is 13.5 Å². The molecule has 0 radical (unpaired) electrons. The third-order valence-electron chi connectivity index (χ3n) is 3.07. The van der Waals surface area contributed by atoms with Crippen molar-refractivity contribution in [3.8, 4) is 5.75 Å². The lowest BCUT2D eigenvalue weighted by atomic mass is 10.2. The standard InChI is InChI=1S/C15H15ClN2O3S/c1-10-3-5-13(8-15(10)22(20,21)17-2)18-9-11-7-12(16)4-6-14(11)19/h3-9,17,19H,1-2H3. The van der Waals surface area contributed by atoms with Crippen LogP contribution in [0.1, 0.15) is 11.1 Å². The molecular formula is C15H15ClN2O3S. The van der Waals surface area contributed by atoms with Gasteiger partial charge >= 0.3 is 0 Å². The molecule has 5 nitrogen and oxygen atoms in total. The average Bonchev–Trinajstić information content (AvgIpc) is 2.49. The highest BCUT2D eigenvalue weighted by atomic mass is 35.5. The van der Waals surface area contributed by atoms with Gasteiger partial charge in [0.1, 0.15) is 5.75 Å². The minimum absolute atomic E-state index is 0.0448. The molecule has 0 saturated carbocycles. The zero-order valence-corrected chi connectivity index (χ0v) is 13.6. The fourth-order valence-electron chi connectivity index (χ4n) is 1.84. The second kappa shape index (κ2) is 6.48. The Kier molecular flexibility index (Phi) is 4.85. The highest BCUT2D eigenvalue weighted by molar-refractivity contribution is 7.89. The van der Waals surface area contributed by atoms with Crippen LogP contribution in [0.3, 0.4) is 0 Å². The number of benzene rings is 2. The zero-order valence-electron chi connectivity index (χ0n) is 12.0. The van der Waals surface area contributed by atoms with Crippen LogP contribution in [-0.4, -0.2) is 26.8 Å². The van der Waals surface area contributed by atoms with Gasteiger partial charge in [0, 0.05) is 16.8 Å². The molecule has 0 aromatic heterocycles. The first-order chi connectivity index (χ1) is 10.3. The third kappa shape index (κ3) is 3.65. The Bertz CT molecular complexity index is 833. The quantitative estimate of drug-likeness (QED) is 0.841. The zero-order chi connectivity index (χ0) is 16.3. The summed E-state index contributed by atoms with van der Waals surface area (Å²) in [6.45, 7) is 1.71. The first kappa shape index (κ1) is 16.5. The van der Waals surface area contributed by atoms with Crippen LogP contribution in [-0.2, 0) is 10.0 Å². The van der Waals surface area contributed by atoms with Crippen LogP contribution in [0.5, 0.6) is 5.75 Å². The number of aromatic hydroxyl groups is 1. The van der Waals surface area contributed by atoms with Gasteiger partial charge in [0.25, 0.3) is 0 Å². The smallest absolute Gasteiger partial charge is 0.240 e. The van der Waals surface area contributed by atoms with Crippen molar-refractivity contribution in [2.24, 2.45) is 4.99 Å². The number of hydrogen-bond acceptors (Lipinski definition) is 4. The minimum Gasteiger partial charge on any atom is -0.507 e. The van der Waals surface area contributed by atoms with Gasteiger partial charge in [-0.05, 0) is 49.9 Å². The van der Waals surface area contributed by atoms with Crippen LogP contribution >= 0.6 is 11.6 Å². The summed E-state index contributed by atoms with van der Waals surface area (Å²) in [6.07, 6.45) is 1.43. The Morgan fingerprint density at radius 2 is 1.95 bits per heavy atom. The molecule has 0 fully saturated rings. The number of phenols is 1. The van der Waals surface area contributed by atoms with Crippen molar-refractivity contribution in [2.45, 2.75) is 11.8 Å². The van der Waals surface area contributed by atoms with Gasteiger partial charge in [-0.15, -0.1) is 0 Å². The van der Waals surface area contributed by atoms with Crippen molar-refractivity contribution in [3.63, 3.8) is 0 Å². The monoisotopic (exact) mass is 338 g/mol. The van der Waals surface area contributed by atoms with E-state index in [2.05, 4.69) is 9.71 Å². The fourth-order valence-corrected chi connectivity index (χ4v) is 3.01. The molecule has 0 bridgehead atoms. The lowest BCUT2D eigenvalue weighted by molar-refractivity contribution is 0.474. The lowest BCUT2D eigenvalue weighted by Crippen LogP contribution is -2.19. The normalized spacial score (nSPS) is 12.0. The van der Waals surface area contributed by atoms with E-state index >= 15 is 0 Å². The van der Waals surface area contributed by atoms with Crippen molar-refractivity contribution in [1.82, 2.24) is 4.72 Å². The molecule has 0 aliphatic rings. The van der Waals surface area contributed by atoms with Gasteiger partial charge in [-0.25, -0.2) is 13.1 Å². The largest absolute Gasteiger partial charge is 0.507 e. The van der Waals surface area contributed by atoms with Gasteiger partial charge in [-0.3, -0.25) is 4.99 Å². The van der Waals surface area contributed by atoms with Crippen molar-refractivity contribution in [2.75, 3.05) is 7.05 Å². The molecule has 116 valence electrons. The number of phenolic OH excluding ortho intramolecular Hbond substituents is 1. The Morgan fingerprint density at radius 3 is 2.64 bits per heavy atom. The maximum absolute atomic E-state index is 11.9. The van der Waals surface area contributed by atoms with Gasteiger partial charge in [-0.2, -0.15) is 0 Å². The molecule has 0 unspecified atom stereocenters. The Morgan fingerprint density at radius 1 is 1.23 bits per heavy atom. The van der Waals surface area contributed by atoms with Crippen LogP contribution in [0, 0.1) is 6.92 Å². The molecule has 2 aromatic rings. The number of hydrogen-bond donors (Lipinski definition) is 2. The van der Waals surface area contributed by atoms with Crippen molar-refractivity contribution >= 4 is 33.5 Å². The van der Waals surface area contributed by atoms with E-state index in [0.29, 0.717) is 21.8 Å². The predicted octanol–water partition coefficient (Wildman–Crippen LogP) is 3.01. The first-order valence-electron chi connectivity index (χ1n) is 6.40. The van der Waals surface area contributed by atoms with E-state index in [0.717, 1.165) is 0 Å². The maximum atomic E-state index is 11.9. The number of nitrogens with zero attached hydrogens (tertiary/aromatic N) is 1. The maximum Gasteiger partial charge on any atom is 0.240 e. The van der Waals surface area contributed by atoms with E-state index in [9.17, 15) is 13.5 Å². The number of sulfonamides is 1. The Hall–Kier alpha value is -1.89. The molecule has 0 saturated heterocycles. The Balaban J connectivity index is 2.41. The molecule has 0 aliphatic carbocycles. The van der Waals surface area contributed by atoms with Crippen LogP contribution in [0.4, 0.5) is 5.69 Å². The van der Waals surface area contributed by atoms with Gasteiger partial charge in [0.15, 0.2) is 0 Å². The van der Waals surface area contributed by atoms with E-state index in [4.69, 9.17) is 11.6 Å². The van der Waals surface area contributed by atoms with Crippen LogP contribution in [0.15, 0.2) is 46.3 Å². The second-order valence-corrected chi connectivity index (χ2v) is 6.91. The summed E-state index contributed by atoms with van der Waals surface area (Å²) in [5.74, 6) is 0.0448. The summed E-state index contributed by atoms with van der Waals surface area (Å²) in [4.78, 5) is 4.36. The fraction of sp³-hybridized carbons (Fsp3) is 0.133. The highest BCUT2D eigenvalue weighted by Gasteiger charge is 2.14. The molecule has 2 N–H and O–H groups in total. The SMILES string of the molecule is CNS(=O)(=O)c1cc(N=Cc2cc(Cl)ccc2O)ccc1C. The summed E-state index contributed by atoms with van der Waals surface area (Å²) in [5, 5.41) is 10.2. The van der Waals surface area contributed by atoms with Gasteiger partial charge in [0.2, 0.25) is 10.0 Å². The second-order valence-electron chi connectivity index (χ2n) is 4.62. The molecule has 0 spiro atoms. The summed E-state index contributed by atoms with van der Waals surface area (Å²) < 4.78 is 26.1.